The average Bonchev–Trinajstić information content (AvgIpc) is 3.52. The van der Waals surface area contributed by atoms with Crippen molar-refractivity contribution in [1.29, 1.82) is 0 Å². The van der Waals surface area contributed by atoms with Gasteiger partial charge >= 0.3 is 0 Å². The van der Waals surface area contributed by atoms with E-state index < -0.39 is 0 Å². The lowest BCUT2D eigenvalue weighted by Gasteiger charge is -2.21. The van der Waals surface area contributed by atoms with Crippen molar-refractivity contribution >= 4 is 53.4 Å². The Hall–Kier alpha value is -3.88. The minimum Gasteiger partial charge on any atom is -0.455 e. The molecule has 0 radical (unpaired) electrons. The number of hydrogen-bond acceptors (Lipinski definition) is 2. The summed E-state index contributed by atoms with van der Waals surface area (Å²) in [7, 11) is 0. The first kappa shape index (κ1) is 19.4. The van der Waals surface area contributed by atoms with Crippen LogP contribution in [-0.4, -0.2) is 0 Å². The van der Waals surface area contributed by atoms with Gasteiger partial charge in [0.2, 0.25) is 0 Å². The quantitative estimate of drug-likeness (QED) is 0.235. The maximum atomic E-state index is 6.38. The predicted octanol–water partition coefficient (Wildman–Crippen LogP) is 9.93. The molecule has 0 bridgehead atoms. The number of benzene rings is 5. The van der Waals surface area contributed by atoms with Crippen LogP contribution in [0.3, 0.4) is 0 Å². The van der Waals surface area contributed by atoms with Crippen molar-refractivity contribution in [1.82, 2.24) is 0 Å². The van der Waals surface area contributed by atoms with Crippen molar-refractivity contribution < 1.29 is 4.42 Å². The van der Waals surface area contributed by atoms with E-state index in [4.69, 9.17) is 4.42 Å². The number of fused-ring (bicyclic) bond motifs is 10. The number of thiophene rings is 1. The van der Waals surface area contributed by atoms with Gasteiger partial charge in [-0.1, -0.05) is 92.7 Å². The van der Waals surface area contributed by atoms with Gasteiger partial charge in [0.1, 0.15) is 11.2 Å². The first-order valence-corrected chi connectivity index (χ1v) is 12.9. The molecule has 1 aliphatic carbocycles. The SMILES string of the molecule is CC1(C)c2ccc(-c3cccc4c3oc3ccccc34)cc2-c2c1ccc1c2sc2ccccc21. The van der Waals surface area contributed by atoms with Crippen LogP contribution in [0.25, 0.3) is 64.4 Å². The van der Waals surface area contributed by atoms with Crippen LogP contribution in [0.2, 0.25) is 0 Å². The molecule has 0 saturated carbocycles. The molecule has 0 N–H and O–H groups in total. The zero-order chi connectivity index (χ0) is 23.3. The maximum absolute atomic E-state index is 6.38. The molecule has 2 aromatic heterocycles. The molecule has 35 heavy (non-hydrogen) atoms. The van der Waals surface area contributed by atoms with E-state index in [1.165, 1.54) is 58.8 Å². The Labute approximate surface area is 207 Å². The van der Waals surface area contributed by atoms with E-state index in [-0.39, 0.29) is 5.41 Å². The standard InChI is InChI=1S/C33H22OS/c1-33(2)26-16-14-19(20-10-7-11-23-21-8-3-5-12-28(21)34-31(20)23)18-25(26)30-27(33)17-15-24-22-9-4-6-13-29(22)35-32(24)30/h3-18H,1-2H3. The van der Waals surface area contributed by atoms with Gasteiger partial charge in [-0.25, -0.2) is 0 Å². The number of furan rings is 1. The molecule has 166 valence electrons. The Morgan fingerprint density at radius 2 is 1.40 bits per heavy atom. The summed E-state index contributed by atoms with van der Waals surface area (Å²) in [5, 5.41) is 5.05. The topological polar surface area (TPSA) is 13.1 Å². The summed E-state index contributed by atoms with van der Waals surface area (Å²) in [5.74, 6) is 0. The Morgan fingerprint density at radius 1 is 0.629 bits per heavy atom. The normalized spacial score (nSPS) is 14.2. The highest BCUT2D eigenvalue weighted by molar-refractivity contribution is 7.26. The van der Waals surface area contributed by atoms with Crippen molar-refractivity contribution in [2.24, 2.45) is 0 Å². The second-order valence-electron chi connectivity index (χ2n) is 10.1. The largest absolute Gasteiger partial charge is 0.455 e. The zero-order valence-corrected chi connectivity index (χ0v) is 20.4. The molecule has 0 unspecified atom stereocenters. The fourth-order valence-electron chi connectivity index (χ4n) is 6.16. The van der Waals surface area contributed by atoms with Gasteiger partial charge in [-0.15, -0.1) is 11.3 Å². The number of rotatable bonds is 1. The van der Waals surface area contributed by atoms with Gasteiger partial charge in [-0.05, 0) is 40.5 Å². The van der Waals surface area contributed by atoms with Crippen LogP contribution in [-0.2, 0) is 5.41 Å². The van der Waals surface area contributed by atoms with Crippen LogP contribution in [0.4, 0.5) is 0 Å². The van der Waals surface area contributed by atoms with Crippen LogP contribution in [0.5, 0.6) is 0 Å². The summed E-state index contributed by atoms with van der Waals surface area (Å²) < 4.78 is 9.13. The summed E-state index contributed by atoms with van der Waals surface area (Å²) in [4.78, 5) is 0. The second-order valence-corrected chi connectivity index (χ2v) is 11.2. The van der Waals surface area contributed by atoms with E-state index >= 15 is 0 Å². The van der Waals surface area contributed by atoms with Gasteiger partial charge in [-0.2, -0.15) is 0 Å². The molecule has 0 amide bonds. The van der Waals surface area contributed by atoms with Gasteiger partial charge in [0.05, 0.1) is 0 Å². The summed E-state index contributed by atoms with van der Waals surface area (Å²) in [6.07, 6.45) is 0. The molecule has 0 saturated heterocycles. The Kier molecular flexibility index (Phi) is 3.67. The molecule has 2 heteroatoms. The third-order valence-electron chi connectivity index (χ3n) is 7.90. The van der Waals surface area contributed by atoms with Crippen LogP contribution >= 0.6 is 11.3 Å². The van der Waals surface area contributed by atoms with Gasteiger partial charge < -0.3 is 4.42 Å². The lowest BCUT2D eigenvalue weighted by atomic mass is 9.82. The Bertz CT molecular complexity index is 1980. The fraction of sp³-hybridized carbons (Fsp3) is 0.0909. The third kappa shape index (κ3) is 2.47. The van der Waals surface area contributed by atoms with Crippen LogP contribution in [0.15, 0.2) is 101 Å². The van der Waals surface area contributed by atoms with Gasteiger partial charge in [-0.3, -0.25) is 0 Å². The molecule has 1 nitrogen and oxygen atoms in total. The first-order valence-electron chi connectivity index (χ1n) is 12.1. The molecule has 1 aliphatic rings. The first-order chi connectivity index (χ1) is 17.1. The minimum atomic E-state index is -0.0288. The molecule has 0 spiro atoms. The van der Waals surface area contributed by atoms with Crippen molar-refractivity contribution in [3.8, 4) is 22.3 Å². The summed E-state index contributed by atoms with van der Waals surface area (Å²) in [6, 6.07) is 35.3. The molecule has 2 heterocycles. The van der Waals surface area contributed by atoms with Crippen LogP contribution in [0.1, 0.15) is 25.0 Å². The summed E-state index contributed by atoms with van der Waals surface area (Å²) in [5.41, 5.74) is 9.81. The summed E-state index contributed by atoms with van der Waals surface area (Å²) >= 11 is 1.92. The van der Waals surface area contributed by atoms with Crippen molar-refractivity contribution in [3.63, 3.8) is 0 Å². The fourth-order valence-corrected chi connectivity index (χ4v) is 7.42. The van der Waals surface area contributed by atoms with Crippen molar-refractivity contribution in [2.45, 2.75) is 19.3 Å². The Morgan fingerprint density at radius 3 is 2.31 bits per heavy atom. The Balaban J connectivity index is 1.43. The van der Waals surface area contributed by atoms with Crippen LogP contribution in [0, 0.1) is 0 Å². The molecule has 7 aromatic rings. The molecule has 0 aliphatic heterocycles. The van der Waals surface area contributed by atoms with Crippen molar-refractivity contribution in [2.75, 3.05) is 0 Å². The lowest BCUT2D eigenvalue weighted by Crippen LogP contribution is -2.14. The molecule has 8 rings (SSSR count). The van der Waals surface area contributed by atoms with Gasteiger partial charge in [0.15, 0.2) is 0 Å². The van der Waals surface area contributed by atoms with E-state index in [1.54, 1.807) is 0 Å². The van der Waals surface area contributed by atoms with Gasteiger partial charge in [0.25, 0.3) is 0 Å². The van der Waals surface area contributed by atoms with E-state index in [0.717, 1.165) is 16.7 Å². The molecule has 0 atom stereocenters. The highest BCUT2D eigenvalue weighted by atomic mass is 32.1. The van der Waals surface area contributed by atoms with E-state index in [1.807, 2.05) is 17.4 Å². The molecule has 5 aromatic carbocycles. The lowest BCUT2D eigenvalue weighted by molar-refractivity contribution is 0.661. The minimum absolute atomic E-state index is 0.0288. The van der Waals surface area contributed by atoms with E-state index in [9.17, 15) is 0 Å². The smallest absolute Gasteiger partial charge is 0.143 e. The monoisotopic (exact) mass is 466 g/mol. The maximum Gasteiger partial charge on any atom is 0.143 e. The zero-order valence-electron chi connectivity index (χ0n) is 19.6. The average molecular weight is 467 g/mol. The predicted molar refractivity (Wildman–Crippen MR) is 150 cm³/mol. The third-order valence-corrected chi connectivity index (χ3v) is 9.10. The second kappa shape index (κ2) is 6.62. The van der Waals surface area contributed by atoms with Crippen molar-refractivity contribution in [3.05, 3.63) is 108 Å². The van der Waals surface area contributed by atoms with E-state index in [0.29, 0.717) is 0 Å². The molecule has 0 fully saturated rings. The molecular weight excluding hydrogens is 444 g/mol. The van der Waals surface area contributed by atoms with Gasteiger partial charge in [0, 0.05) is 47.5 Å². The van der Waals surface area contributed by atoms with Crippen LogP contribution < -0.4 is 0 Å². The number of para-hydroxylation sites is 2. The molecular formula is C33H22OS. The highest BCUT2D eigenvalue weighted by Gasteiger charge is 2.37. The van der Waals surface area contributed by atoms with E-state index in [2.05, 4.69) is 105 Å². The summed E-state index contributed by atoms with van der Waals surface area (Å²) in [6.45, 7) is 4.72. The highest BCUT2D eigenvalue weighted by Crippen LogP contribution is 2.54. The number of hydrogen-bond donors (Lipinski definition) is 0.